The average molecular weight is 1520 g/mol. The van der Waals surface area contributed by atoms with E-state index < -0.39 is 30.4 Å². The Bertz CT molecular complexity index is 4220. The average Bonchev–Trinajstić information content (AvgIpc) is 0.766. The van der Waals surface area contributed by atoms with Crippen molar-refractivity contribution in [1.29, 1.82) is 0 Å². The summed E-state index contributed by atoms with van der Waals surface area (Å²) < 4.78 is 74.0. The molecule has 0 N–H and O–H groups in total. The van der Waals surface area contributed by atoms with E-state index in [-0.39, 0.29) is 54.1 Å². The van der Waals surface area contributed by atoms with E-state index in [1.54, 1.807) is 0 Å². The number of phosphoric acid groups is 1. The fourth-order valence-corrected chi connectivity index (χ4v) is 17.6. The van der Waals surface area contributed by atoms with Crippen LogP contribution in [0.25, 0.3) is 0 Å². The maximum absolute atomic E-state index is 15.3. The van der Waals surface area contributed by atoms with Crippen molar-refractivity contribution in [2.75, 3.05) is 26.4 Å². The van der Waals surface area contributed by atoms with Crippen LogP contribution in [-0.4, -0.2) is 26.4 Å². The van der Waals surface area contributed by atoms with Crippen LogP contribution in [0, 0.1) is 5.41 Å². The van der Waals surface area contributed by atoms with E-state index in [0.29, 0.717) is 43.7 Å². The monoisotopic (exact) mass is 1510 g/mol. The van der Waals surface area contributed by atoms with Crippen molar-refractivity contribution in [2.45, 2.75) is 234 Å². The zero-order chi connectivity index (χ0) is 79.1. The number of hydrogen-bond acceptors (Lipinski definition) is 10. The first-order chi connectivity index (χ1) is 50.1. The molecule has 2 aliphatic rings. The van der Waals surface area contributed by atoms with E-state index in [0.717, 1.165) is 39.3 Å². The highest BCUT2D eigenvalue weighted by Crippen LogP contribution is 2.58. The molecule has 2 fully saturated rings. The van der Waals surface area contributed by atoms with Crippen molar-refractivity contribution in [3.63, 3.8) is 0 Å². The van der Waals surface area contributed by atoms with Crippen molar-refractivity contribution in [3.8, 4) is 28.7 Å². The molecule has 2 saturated heterocycles. The third-order valence-electron chi connectivity index (χ3n) is 21.6. The molecule has 9 aromatic carbocycles. The lowest BCUT2D eigenvalue weighted by molar-refractivity contribution is -0.0673. The van der Waals surface area contributed by atoms with Crippen molar-refractivity contribution in [2.24, 2.45) is 5.41 Å². The van der Waals surface area contributed by atoms with E-state index in [9.17, 15) is 0 Å². The molecule has 576 valence electrons. The largest absolute Gasteiger partial charge is 0.647 e. The Morgan fingerprint density at radius 2 is 0.481 bits per heavy atom. The SMILES string of the molecule is CC(C)(C)c1ccc(OP(=O)(Oc2ccc(C(C)(C)C)cc2C(C)(C)C)Oc2ccc(C(C)(C)C)cc2C(C)(C)C)c(C(C)(C)C)c1.CC(C)(c1ccccc1)c1ccc(OP2OCC3(CO2)COP(Oc2ccc(C(C)(C)c4ccccc4)cc2C(C)(C)c2ccccc2)OC3)c(C(C)(C)c2ccccc2)c1. The molecule has 1 spiro atoms. The van der Waals surface area contributed by atoms with Gasteiger partial charge in [0.2, 0.25) is 0 Å². The highest BCUT2D eigenvalue weighted by Gasteiger charge is 2.47. The quantitative estimate of drug-likeness (QED) is 0.0772. The summed E-state index contributed by atoms with van der Waals surface area (Å²) in [6, 6.07) is 73.9. The number of hydrogen-bond donors (Lipinski definition) is 0. The molecule has 9 aromatic rings. The van der Waals surface area contributed by atoms with Crippen LogP contribution in [0.3, 0.4) is 0 Å². The molecule has 108 heavy (non-hydrogen) atoms. The van der Waals surface area contributed by atoms with E-state index in [1.165, 1.54) is 50.1 Å². The predicted octanol–water partition coefficient (Wildman–Crippen LogP) is 27.1. The first-order valence-corrected chi connectivity index (χ1v) is 41.9. The standard InChI is InChI=1S/C53H58O6P2.C42H63O4P/c1-49(2,39-21-13-9-14-22-39)43-29-31-47(45(33-43)51(5,6)41-25-17-11-18-26-41)58-60-54-35-53(36-55-60)37-56-61(57-38-53)59-48-32-30-44(50(3,4)40-23-15-10-16-24-40)34-46(48)52(7,8)42-27-19-12-20-28-42;1-37(2,3)28-19-22-34(31(25-28)40(10,11)12)44-47(43,45-35-23-20-29(38(4,5)6)26-32(35)41(13,14)15)46-36-24-21-30(39(7,8)9)27-33(36)42(16,17)18/h9-34H,35-38H2,1-8H3;19-27H,1-18H3. The minimum atomic E-state index is -4.34. The lowest BCUT2D eigenvalue weighted by Crippen LogP contribution is -2.45. The summed E-state index contributed by atoms with van der Waals surface area (Å²) in [5, 5.41) is 0. The summed E-state index contributed by atoms with van der Waals surface area (Å²) in [5.74, 6) is 2.97. The molecule has 0 atom stereocenters. The summed E-state index contributed by atoms with van der Waals surface area (Å²) in [6.07, 6.45) is 0. The Morgan fingerprint density at radius 1 is 0.259 bits per heavy atom. The first kappa shape index (κ1) is 83.4. The van der Waals surface area contributed by atoms with Gasteiger partial charge in [-0.25, -0.2) is 0 Å². The van der Waals surface area contributed by atoms with Crippen LogP contribution in [-0.2, 0) is 76.8 Å². The van der Waals surface area contributed by atoms with Crippen LogP contribution in [0.5, 0.6) is 28.7 Å². The topological polar surface area (TPSA) is 100 Å². The van der Waals surface area contributed by atoms with Crippen LogP contribution >= 0.6 is 25.0 Å². The highest BCUT2D eigenvalue weighted by molar-refractivity contribution is 7.49. The van der Waals surface area contributed by atoms with Crippen molar-refractivity contribution in [3.05, 3.63) is 290 Å². The van der Waals surface area contributed by atoms with Gasteiger partial charge in [0.25, 0.3) is 0 Å². The molecule has 11 rings (SSSR count). The van der Waals surface area contributed by atoms with E-state index in [1.807, 2.05) is 36.4 Å². The molecule has 0 radical (unpaired) electrons. The second kappa shape index (κ2) is 31.6. The van der Waals surface area contributed by atoms with Gasteiger partial charge in [0.05, 0.1) is 31.8 Å². The van der Waals surface area contributed by atoms with Gasteiger partial charge in [0.1, 0.15) is 28.7 Å². The Morgan fingerprint density at radius 3 is 0.722 bits per heavy atom. The summed E-state index contributed by atoms with van der Waals surface area (Å²) in [4.78, 5) is 0. The van der Waals surface area contributed by atoms with Crippen LogP contribution in [0.2, 0.25) is 0 Å². The van der Waals surface area contributed by atoms with Gasteiger partial charge in [-0.1, -0.05) is 362 Å². The summed E-state index contributed by atoms with van der Waals surface area (Å²) in [7, 11) is -7.68. The predicted molar refractivity (Wildman–Crippen MR) is 450 cm³/mol. The second-order valence-corrected chi connectivity index (χ2v) is 41.7. The Kier molecular flexibility index (Phi) is 24.4. The van der Waals surface area contributed by atoms with Crippen LogP contribution < -0.4 is 22.6 Å². The van der Waals surface area contributed by atoms with Gasteiger partial charge in [-0.05, 0) is 113 Å². The molecule has 0 aliphatic carbocycles. The van der Waals surface area contributed by atoms with Crippen LogP contribution in [0.15, 0.2) is 212 Å². The van der Waals surface area contributed by atoms with Crippen LogP contribution in [0.4, 0.5) is 0 Å². The molecule has 0 unspecified atom stereocenters. The molecule has 2 aliphatic heterocycles. The Balaban J connectivity index is 0.000000239. The summed E-state index contributed by atoms with van der Waals surface area (Å²) in [6.45, 7) is 58.6. The van der Waals surface area contributed by atoms with Gasteiger partial charge in [-0.2, -0.15) is 4.57 Å². The lowest BCUT2D eigenvalue weighted by Gasteiger charge is -2.41. The van der Waals surface area contributed by atoms with Gasteiger partial charge < -0.3 is 40.7 Å². The molecular weight excluding hydrogens is 1390 g/mol. The lowest BCUT2D eigenvalue weighted by atomic mass is 9.73. The van der Waals surface area contributed by atoms with Gasteiger partial charge in [0, 0.05) is 49.5 Å². The van der Waals surface area contributed by atoms with Gasteiger partial charge in [-0.15, -0.1) is 0 Å². The molecule has 0 amide bonds. The maximum Gasteiger partial charge on any atom is 0.647 e. The smallest absolute Gasteiger partial charge is 0.426 e. The third-order valence-corrected chi connectivity index (χ3v) is 24.9. The number of phosphoric ester groups is 1. The number of benzene rings is 9. The van der Waals surface area contributed by atoms with Crippen molar-refractivity contribution < 1.29 is 45.3 Å². The first-order valence-electron chi connectivity index (χ1n) is 38.2. The molecule has 0 saturated carbocycles. The minimum absolute atomic E-state index is 0.0674. The Labute approximate surface area is 651 Å². The minimum Gasteiger partial charge on any atom is -0.426 e. The van der Waals surface area contributed by atoms with Gasteiger partial charge >= 0.3 is 25.0 Å². The van der Waals surface area contributed by atoms with E-state index in [4.69, 9.17) is 40.7 Å². The zero-order valence-electron chi connectivity index (χ0n) is 69.5. The third kappa shape index (κ3) is 19.4. The van der Waals surface area contributed by atoms with E-state index in [2.05, 4.69) is 356 Å². The van der Waals surface area contributed by atoms with E-state index >= 15 is 4.57 Å². The summed E-state index contributed by atoms with van der Waals surface area (Å²) in [5.41, 5.74) is 13.1. The maximum atomic E-state index is 15.3. The molecule has 0 aromatic heterocycles. The van der Waals surface area contributed by atoms with Gasteiger partial charge in [0.15, 0.2) is 0 Å². The van der Waals surface area contributed by atoms with Crippen molar-refractivity contribution >= 4 is 25.0 Å². The van der Waals surface area contributed by atoms with Crippen LogP contribution in [0.1, 0.15) is 258 Å². The zero-order valence-corrected chi connectivity index (χ0v) is 72.1. The molecule has 0 bridgehead atoms. The number of rotatable bonds is 18. The Hall–Kier alpha value is -7.09. The van der Waals surface area contributed by atoms with Gasteiger partial charge in [-0.3, -0.25) is 0 Å². The molecular formula is C95H121O10P3. The molecule has 13 heteroatoms. The fraction of sp³-hybridized carbons (Fsp3) is 0.432. The summed E-state index contributed by atoms with van der Waals surface area (Å²) >= 11 is 0. The highest BCUT2D eigenvalue weighted by atomic mass is 31.2. The molecule has 10 nitrogen and oxygen atoms in total. The van der Waals surface area contributed by atoms with Crippen molar-refractivity contribution in [1.82, 2.24) is 0 Å². The fourth-order valence-electron chi connectivity index (χ4n) is 13.8. The molecule has 2 heterocycles. The normalized spacial score (nSPS) is 17.3. The second-order valence-electron chi connectivity index (χ2n) is 38.0.